The maximum absolute atomic E-state index is 10.4. The molecule has 16 heavy (non-hydrogen) atoms. The molecule has 0 amide bonds. The van der Waals surface area contributed by atoms with Gasteiger partial charge in [-0.05, 0) is 17.7 Å². The topological polar surface area (TPSA) is 90.9 Å². The Balaban J connectivity index is 2.14. The average molecular weight is 220 g/mol. The Hall–Kier alpha value is -2.44. The molecule has 7 nitrogen and oxygen atoms in total. The lowest BCUT2D eigenvalue weighted by Gasteiger charge is -1.95. The summed E-state index contributed by atoms with van der Waals surface area (Å²) in [6.07, 6.45) is 3.10. The van der Waals surface area contributed by atoms with Gasteiger partial charge in [-0.2, -0.15) is 0 Å². The van der Waals surface area contributed by atoms with Crippen molar-refractivity contribution in [3.63, 3.8) is 0 Å². The molecule has 2 aromatic rings. The van der Waals surface area contributed by atoms with Crippen LogP contribution in [0.3, 0.4) is 0 Å². The van der Waals surface area contributed by atoms with Crippen LogP contribution >= 0.6 is 0 Å². The number of nitrogens with zero attached hydrogens (tertiary/aromatic N) is 4. The molecule has 0 fully saturated rings. The summed E-state index contributed by atoms with van der Waals surface area (Å²) in [7, 11) is 0. The van der Waals surface area contributed by atoms with Crippen LogP contribution in [-0.4, -0.2) is 14.7 Å². The SMILES string of the molecule is N[n+]1cnn(Cc2ccc([N+](=O)[O-])cc2)c1. The number of non-ortho nitro benzene ring substituents is 1. The molecule has 0 aliphatic carbocycles. The molecule has 1 aromatic heterocycles. The zero-order valence-electron chi connectivity index (χ0n) is 8.35. The Kier molecular flexibility index (Phi) is 2.50. The molecule has 0 spiro atoms. The van der Waals surface area contributed by atoms with Crippen LogP contribution < -0.4 is 10.5 Å². The van der Waals surface area contributed by atoms with E-state index >= 15 is 0 Å². The highest BCUT2D eigenvalue weighted by Crippen LogP contribution is 2.12. The molecule has 1 aromatic carbocycles. The van der Waals surface area contributed by atoms with Crippen LogP contribution in [0.15, 0.2) is 36.9 Å². The lowest BCUT2D eigenvalue weighted by molar-refractivity contribution is -0.639. The molecule has 0 saturated carbocycles. The molecule has 7 heteroatoms. The fourth-order valence-corrected chi connectivity index (χ4v) is 1.33. The van der Waals surface area contributed by atoms with E-state index in [0.717, 1.165) is 5.56 Å². The Labute approximate surface area is 90.9 Å². The first-order valence-corrected chi connectivity index (χ1v) is 4.57. The fourth-order valence-electron chi connectivity index (χ4n) is 1.33. The van der Waals surface area contributed by atoms with Gasteiger partial charge in [-0.3, -0.25) is 16.0 Å². The number of benzene rings is 1. The third kappa shape index (κ3) is 2.14. The van der Waals surface area contributed by atoms with Gasteiger partial charge in [-0.25, -0.2) is 0 Å². The zero-order valence-corrected chi connectivity index (χ0v) is 8.35. The van der Waals surface area contributed by atoms with Crippen LogP contribution in [0.25, 0.3) is 0 Å². The standard InChI is InChI=1S/C9H10N5O2/c10-12-6-11-13(7-12)5-8-1-3-9(4-2-8)14(15)16/h1-4,6-7H,5,10H2/q+1. The van der Waals surface area contributed by atoms with Crippen LogP contribution in [0, 0.1) is 10.1 Å². The molecular formula is C9H10N5O2+. The van der Waals surface area contributed by atoms with Crippen LogP contribution in [0.5, 0.6) is 0 Å². The van der Waals surface area contributed by atoms with Gasteiger partial charge < -0.3 is 0 Å². The van der Waals surface area contributed by atoms with Crippen LogP contribution in [-0.2, 0) is 6.54 Å². The Bertz CT molecular complexity index is 505. The van der Waals surface area contributed by atoms with Gasteiger partial charge in [0.05, 0.1) is 4.92 Å². The van der Waals surface area contributed by atoms with Crippen molar-refractivity contribution in [2.75, 3.05) is 5.84 Å². The molecule has 0 atom stereocenters. The fraction of sp³-hybridized carbons (Fsp3) is 0.111. The van der Waals surface area contributed by atoms with Gasteiger partial charge in [0, 0.05) is 17.2 Å². The van der Waals surface area contributed by atoms with Crippen LogP contribution in [0.1, 0.15) is 5.56 Å². The summed E-state index contributed by atoms with van der Waals surface area (Å²) in [4.78, 5) is 10.0. The first kappa shape index (κ1) is 10.1. The third-order valence-electron chi connectivity index (χ3n) is 2.09. The van der Waals surface area contributed by atoms with Crippen molar-refractivity contribution in [3.8, 4) is 0 Å². The Morgan fingerprint density at radius 2 is 2.12 bits per heavy atom. The number of rotatable bonds is 3. The zero-order chi connectivity index (χ0) is 11.5. The first-order valence-electron chi connectivity index (χ1n) is 4.57. The van der Waals surface area contributed by atoms with Crippen molar-refractivity contribution >= 4 is 5.69 Å². The molecule has 0 saturated heterocycles. The van der Waals surface area contributed by atoms with Gasteiger partial charge in [-0.15, -0.1) is 9.36 Å². The summed E-state index contributed by atoms with van der Waals surface area (Å²) < 4.78 is 2.98. The van der Waals surface area contributed by atoms with E-state index in [1.54, 1.807) is 23.1 Å². The van der Waals surface area contributed by atoms with E-state index in [-0.39, 0.29) is 5.69 Å². The molecular weight excluding hydrogens is 210 g/mol. The molecule has 2 rings (SSSR count). The van der Waals surface area contributed by atoms with E-state index in [9.17, 15) is 10.1 Å². The second kappa shape index (κ2) is 3.97. The highest BCUT2D eigenvalue weighted by Gasteiger charge is 2.07. The normalized spacial score (nSPS) is 10.2. The van der Waals surface area contributed by atoms with E-state index in [1.165, 1.54) is 23.1 Å². The van der Waals surface area contributed by atoms with Gasteiger partial charge in [-0.1, -0.05) is 0 Å². The van der Waals surface area contributed by atoms with Crippen LogP contribution in [0.4, 0.5) is 5.69 Å². The highest BCUT2D eigenvalue weighted by molar-refractivity contribution is 5.32. The van der Waals surface area contributed by atoms with Gasteiger partial charge >= 0.3 is 0 Å². The maximum Gasteiger partial charge on any atom is 0.286 e. The predicted molar refractivity (Wildman–Crippen MR) is 54.8 cm³/mol. The maximum atomic E-state index is 10.4. The first-order chi connectivity index (χ1) is 7.65. The van der Waals surface area contributed by atoms with Crippen molar-refractivity contribution in [3.05, 3.63) is 52.6 Å². The van der Waals surface area contributed by atoms with Crippen molar-refractivity contribution in [2.24, 2.45) is 0 Å². The van der Waals surface area contributed by atoms with Crippen molar-refractivity contribution in [1.29, 1.82) is 0 Å². The van der Waals surface area contributed by atoms with E-state index in [0.29, 0.717) is 6.54 Å². The molecule has 2 N–H and O–H groups in total. The number of nitrogens with two attached hydrogens (primary N) is 1. The number of aromatic nitrogens is 3. The third-order valence-corrected chi connectivity index (χ3v) is 2.09. The van der Waals surface area contributed by atoms with E-state index in [2.05, 4.69) is 5.10 Å². The molecule has 0 radical (unpaired) electrons. The number of nitro groups is 1. The minimum atomic E-state index is -0.425. The van der Waals surface area contributed by atoms with E-state index in [1.807, 2.05) is 0 Å². The number of nitro benzene ring substituents is 1. The largest absolute Gasteiger partial charge is 0.289 e. The molecule has 82 valence electrons. The minimum absolute atomic E-state index is 0.0816. The number of hydrogen-bond donors (Lipinski definition) is 1. The summed E-state index contributed by atoms with van der Waals surface area (Å²) in [6.45, 7) is 0.530. The summed E-state index contributed by atoms with van der Waals surface area (Å²) in [6, 6.07) is 6.33. The summed E-state index contributed by atoms with van der Waals surface area (Å²) >= 11 is 0. The Morgan fingerprint density at radius 1 is 1.44 bits per heavy atom. The number of hydrogen-bond acceptors (Lipinski definition) is 4. The summed E-state index contributed by atoms with van der Waals surface area (Å²) in [5.41, 5.74) is 1.01. The van der Waals surface area contributed by atoms with Crippen molar-refractivity contribution in [2.45, 2.75) is 6.54 Å². The molecule has 0 bridgehead atoms. The summed E-state index contributed by atoms with van der Waals surface area (Å²) in [5, 5.41) is 14.4. The molecule has 0 aliphatic heterocycles. The summed E-state index contributed by atoms with van der Waals surface area (Å²) in [5.74, 6) is 5.44. The highest BCUT2D eigenvalue weighted by atomic mass is 16.6. The van der Waals surface area contributed by atoms with Gasteiger partial charge in [0.25, 0.3) is 12.0 Å². The lowest BCUT2D eigenvalue weighted by atomic mass is 10.2. The predicted octanol–water partition coefficient (Wildman–Crippen LogP) is -0.159. The Morgan fingerprint density at radius 3 is 2.62 bits per heavy atom. The van der Waals surface area contributed by atoms with Gasteiger partial charge in [0.2, 0.25) is 6.33 Å². The van der Waals surface area contributed by atoms with Crippen molar-refractivity contribution in [1.82, 2.24) is 9.78 Å². The van der Waals surface area contributed by atoms with E-state index < -0.39 is 4.92 Å². The van der Waals surface area contributed by atoms with Crippen molar-refractivity contribution < 1.29 is 9.60 Å². The quantitative estimate of drug-likeness (QED) is 0.337. The van der Waals surface area contributed by atoms with Gasteiger partial charge in [0.1, 0.15) is 6.54 Å². The monoisotopic (exact) mass is 220 g/mol. The number of nitrogen functional groups attached to an aromatic ring is 1. The van der Waals surface area contributed by atoms with Gasteiger partial charge in [0.15, 0.2) is 0 Å². The smallest absolute Gasteiger partial charge is 0.286 e. The molecule has 0 unspecified atom stereocenters. The second-order valence-corrected chi connectivity index (χ2v) is 3.31. The molecule has 0 aliphatic rings. The minimum Gasteiger partial charge on any atom is -0.289 e. The average Bonchev–Trinajstić information content (AvgIpc) is 2.65. The second-order valence-electron chi connectivity index (χ2n) is 3.31. The lowest BCUT2D eigenvalue weighted by Crippen LogP contribution is -2.42. The van der Waals surface area contributed by atoms with E-state index in [4.69, 9.17) is 5.84 Å². The molecule has 1 heterocycles. The van der Waals surface area contributed by atoms with Crippen LogP contribution in [0.2, 0.25) is 0 Å².